The summed E-state index contributed by atoms with van der Waals surface area (Å²) in [5, 5.41) is 2.80. The number of nitrogens with zero attached hydrogens (tertiary/aromatic N) is 1. The number of aromatic nitrogens is 1. The number of esters is 1. The van der Waals surface area contributed by atoms with Gasteiger partial charge in [0.1, 0.15) is 20.4 Å². The molecule has 1 aromatic heterocycles. The second-order valence-corrected chi connectivity index (χ2v) is 9.28. The average Bonchev–Trinajstić information content (AvgIpc) is 2.86. The third-order valence-electron chi connectivity index (χ3n) is 3.11. The predicted octanol–water partition coefficient (Wildman–Crippen LogP) is 2.36. The Morgan fingerprint density at radius 3 is 2.80 bits per heavy atom. The summed E-state index contributed by atoms with van der Waals surface area (Å²) in [4.78, 5) is 16.0. The van der Waals surface area contributed by atoms with Crippen molar-refractivity contribution in [2.75, 3.05) is 7.11 Å². The highest BCUT2D eigenvalue weighted by atomic mass is 127. The Balaban J connectivity index is 2.09. The first kappa shape index (κ1) is 16.5. The van der Waals surface area contributed by atoms with Crippen molar-refractivity contribution in [3.63, 3.8) is 0 Å². The molecular weight excluding hydrogens is 411 g/mol. The first-order valence-electron chi connectivity index (χ1n) is 6.07. The summed E-state index contributed by atoms with van der Waals surface area (Å²) in [7, 11) is 1.35. The fourth-order valence-electron chi connectivity index (χ4n) is 1.91. The highest BCUT2D eigenvalue weighted by Gasteiger charge is 2.56. The van der Waals surface area contributed by atoms with E-state index in [1.807, 2.05) is 19.2 Å². The molecule has 1 aliphatic heterocycles. The van der Waals surface area contributed by atoms with Crippen molar-refractivity contribution in [1.29, 1.82) is 0 Å². The van der Waals surface area contributed by atoms with Crippen molar-refractivity contribution < 1.29 is 14.3 Å². The highest BCUT2D eigenvalue weighted by molar-refractivity contribution is 14.1. The molecule has 1 aromatic rings. The molecule has 1 aliphatic rings. The third kappa shape index (κ3) is 3.65. The van der Waals surface area contributed by atoms with Gasteiger partial charge < -0.3 is 15.2 Å². The van der Waals surface area contributed by atoms with Crippen LogP contribution in [0.1, 0.15) is 22.1 Å². The van der Waals surface area contributed by atoms with Crippen LogP contribution in [0, 0.1) is 0 Å². The van der Waals surface area contributed by atoms with Gasteiger partial charge in [-0.3, -0.25) is 4.79 Å². The van der Waals surface area contributed by atoms with Crippen LogP contribution < -0.4 is 5.73 Å². The Hall–Kier alpha value is 0.1000. The maximum atomic E-state index is 11.7. The van der Waals surface area contributed by atoms with Crippen molar-refractivity contribution in [1.82, 2.24) is 4.98 Å². The smallest absolute Gasteiger partial charge is 0.323 e. The Morgan fingerprint density at radius 2 is 2.35 bits per heavy atom. The average molecular weight is 428 g/mol. The van der Waals surface area contributed by atoms with Crippen LogP contribution in [-0.4, -0.2) is 41.1 Å². The van der Waals surface area contributed by atoms with Gasteiger partial charge in [-0.1, -0.05) is 22.6 Å². The molecule has 0 bridgehead atoms. The molecule has 0 aromatic carbocycles. The van der Waals surface area contributed by atoms with Crippen molar-refractivity contribution in [3.05, 3.63) is 16.6 Å². The van der Waals surface area contributed by atoms with E-state index < -0.39 is 12.0 Å². The van der Waals surface area contributed by atoms with Gasteiger partial charge in [-0.05, 0) is 13.8 Å². The van der Waals surface area contributed by atoms with Gasteiger partial charge in [0, 0.05) is 11.6 Å². The van der Waals surface area contributed by atoms with E-state index in [1.165, 1.54) is 7.11 Å². The number of carbonyl (C=O) groups excluding carboxylic acids is 1. The Bertz CT molecular complexity index is 469. The van der Waals surface area contributed by atoms with E-state index >= 15 is 0 Å². The molecule has 112 valence electrons. The number of rotatable bonds is 6. The molecule has 4 atom stereocenters. The molecule has 0 aliphatic carbocycles. The second kappa shape index (κ2) is 6.47. The lowest BCUT2D eigenvalue weighted by molar-refractivity contribution is -0.142. The molecule has 2 heterocycles. The first-order chi connectivity index (χ1) is 9.36. The van der Waals surface area contributed by atoms with Crippen molar-refractivity contribution in [2.45, 2.75) is 40.1 Å². The molecular formula is C12H17IN2O3S2. The zero-order valence-corrected chi connectivity index (χ0v) is 15.2. The summed E-state index contributed by atoms with van der Waals surface area (Å²) in [5.41, 5.74) is 5.81. The van der Waals surface area contributed by atoms with E-state index in [9.17, 15) is 4.79 Å². The minimum atomic E-state index is -0.700. The van der Waals surface area contributed by atoms with E-state index in [4.69, 9.17) is 15.2 Å². The molecule has 2 rings (SSSR count). The van der Waals surface area contributed by atoms with Crippen LogP contribution in [0.4, 0.5) is 0 Å². The number of carbonyl (C=O) groups is 1. The summed E-state index contributed by atoms with van der Waals surface area (Å²) >= 11 is 5.51. The van der Waals surface area contributed by atoms with Gasteiger partial charge in [-0.25, -0.2) is 4.98 Å². The number of ether oxygens (including phenoxy) is 2. The summed E-state index contributed by atoms with van der Waals surface area (Å²) in [6, 6.07) is -0.700. The van der Waals surface area contributed by atoms with Gasteiger partial charge in [0.25, 0.3) is 0 Å². The Morgan fingerprint density at radius 1 is 1.70 bits per heavy atom. The summed E-state index contributed by atoms with van der Waals surface area (Å²) in [5.74, 6) is -0.406. The van der Waals surface area contributed by atoms with E-state index in [-0.39, 0.29) is 20.2 Å². The number of hydrogen-bond donors (Lipinski definition) is 1. The molecule has 2 N–H and O–H groups in total. The van der Waals surface area contributed by atoms with Crippen LogP contribution >= 0.6 is 45.7 Å². The van der Waals surface area contributed by atoms with Gasteiger partial charge in [0.2, 0.25) is 0 Å². The number of epoxide rings is 1. The van der Waals surface area contributed by atoms with Crippen LogP contribution in [0.2, 0.25) is 0 Å². The lowest BCUT2D eigenvalue weighted by atomic mass is 10.0. The maximum Gasteiger partial charge on any atom is 0.323 e. The lowest BCUT2D eigenvalue weighted by Gasteiger charge is -2.22. The molecule has 8 heteroatoms. The van der Waals surface area contributed by atoms with Gasteiger partial charge in [0.15, 0.2) is 0 Å². The van der Waals surface area contributed by atoms with Gasteiger partial charge in [-0.2, -0.15) is 0 Å². The lowest BCUT2D eigenvalue weighted by Crippen LogP contribution is -2.45. The number of methoxy groups -OCH3 is 1. The Labute approximate surface area is 140 Å². The minimum absolute atomic E-state index is 0.0428. The summed E-state index contributed by atoms with van der Waals surface area (Å²) in [6.45, 7) is 4.00. The van der Waals surface area contributed by atoms with Gasteiger partial charge >= 0.3 is 5.97 Å². The fourth-order valence-corrected chi connectivity index (χ4v) is 5.61. The standard InChI is InChI=1S/C12H17IN2O3S2/c1-12(2)8(18-12)7(6(14)11(16)17-3)20-9(13)10-15-4-5-19-10/h4-9H,14H2,1-3H3. The van der Waals surface area contributed by atoms with E-state index in [0.29, 0.717) is 0 Å². The zero-order chi connectivity index (χ0) is 14.9. The number of nitrogens with two attached hydrogens (primary N) is 1. The van der Waals surface area contributed by atoms with Crippen molar-refractivity contribution in [2.24, 2.45) is 5.73 Å². The predicted molar refractivity (Wildman–Crippen MR) is 89.2 cm³/mol. The number of halogens is 1. The molecule has 1 fully saturated rings. The zero-order valence-electron chi connectivity index (χ0n) is 11.4. The van der Waals surface area contributed by atoms with Crippen LogP contribution in [-0.2, 0) is 14.3 Å². The first-order valence-corrected chi connectivity index (χ1v) is 9.14. The molecule has 4 unspecified atom stereocenters. The van der Waals surface area contributed by atoms with Crippen LogP contribution in [0.5, 0.6) is 0 Å². The number of thiazole rings is 1. The minimum Gasteiger partial charge on any atom is -0.468 e. The summed E-state index contributed by atoms with van der Waals surface area (Å²) in [6.07, 6.45) is 1.73. The maximum absolute atomic E-state index is 11.7. The normalized spacial score (nSPS) is 24.8. The van der Waals surface area contributed by atoms with E-state index in [0.717, 1.165) is 5.01 Å². The Kier molecular flexibility index (Phi) is 5.33. The second-order valence-electron chi connectivity index (χ2n) is 4.98. The molecule has 0 radical (unpaired) electrons. The van der Waals surface area contributed by atoms with Gasteiger partial charge in [-0.15, -0.1) is 23.1 Å². The molecule has 0 spiro atoms. The third-order valence-corrected chi connectivity index (χ3v) is 7.31. The molecule has 20 heavy (non-hydrogen) atoms. The van der Waals surface area contributed by atoms with Crippen LogP contribution in [0.25, 0.3) is 0 Å². The number of hydrogen-bond acceptors (Lipinski definition) is 7. The molecule has 0 saturated carbocycles. The van der Waals surface area contributed by atoms with Crippen molar-refractivity contribution in [3.8, 4) is 0 Å². The summed E-state index contributed by atoms with van der Waals surface area (Å²) < 4.78 is 10.6. The number of alkyl halides is 1. The topological polar surface area (TPSA) is 77.7 Å². The number of thioether (sulfide) groups is 1. The quantitative estimate of drug-likeness (QED) is 0.325. The van der Waals surface area contributed by atoms with E-state index in [1.54, 1.807) is 29.3 Å². The van der Waals surface area contributed by atoms with Crippen LogP contribution in [0.3, 0.4) is 0 Å². The SMILES string of the molecule is COC(=O)C(N)C(SC(I)c1nccs1)C1OC1(C)C. The van der Waals surface area contributed by atoms with Crippen molar-refractivity contribution >= 4 is 51.7 Å². The molecule has 5 nitrogen and oxygen atoms in total. The molecule has 0 amide bonds. The molecule has 1 saturated heterocycles. The highest BCUT2D eigenvalue weighted by Crippen LogP contribution is 2.49. The van der Waals surface area contributed by atoms with Gasteiger partial charge in [0.05, 0.1) is 18.0 Å². The fraction of sp³-hybridized carbons (Fsp3) is 0.667. The van der Waals surface area contributed by atoms with Crippen LogP contribution in [0.15, 0.2) is 11.6 Å². The monoisotopic (exact) mass is 428 g/mol. The largest absolute Gasteiger partial charge is 0.468 e. The van der Waals surface area contributed by atoms with E-state index in [2.05, 4.69) is 27.6 Å².